The van der Waals surface area contributed by atoms with Crippen LogP contribution in [0.3, 0.4) is 0 Å². The fourth-order valence-electron chi connectivity index (χ4n) is 2.20. The second-order valence-electron chi connectivity index (χ2n) is 6.12. The molecule has 23 heavy (non-hydrogen) atoms. The summed E-state index contributed by atoms with van der Waals surface area (Å²) in [7, 11) is 0. The number of rotatable bonds is 6. The Labute approximate surface area is 137 Å². The molecule has 0 fully saturated rings. The highest BCUT2D eigenvalue weighted by Gasteiger charge is 2.09. The van der Waals surface area contributed by atoms with E-state index in [1.165, 1.54) is 0 Å². The number of fused-ring (bicyclic) bond motifs is 1. The molecule has 0 aliphatic rings. The number of nitrogens with one attached hydrogen (secondary N) is 1. The molecular formula is C18H25N5. The first kappa shape index (κ1) is 16.8. The van der Waals surface area contributed by atoms with Crippen LogP contribution in [0.15, 0.2) is 47.7 Å². The molecule has 0 aromatic carbocycles. The van der Waals surface area contributed by atoms with Crippen molar-refractivity contribution in [2.45, 2.75) is 39.7 Å². The van der Waals surface area contributed by atoms with E-state index in [4.69, 9.17) is 5.73 Å². The van der Waals surface area contributed by atoms with E-state index >= 15 is 0 Å². The Kier molecular flexibility index (Phi) is 5.21. The van der Waals surface area contributed by atoms with E-state index in [9.17, 15) is 0 Å². The number of hydrogen-bond donors (Lipinski definition) is 2. The van der Waals surface area contributed by atoms with Gasteiger partial charge in [-0.05, 0) is 44.0 Å². The second-order valence-corrected chi connectivity index (χ2v) is 6.12. The predicted octanol–water partition coefficient (Wildman–Crippen LogP) is 3.30. The van der Waals surface area contributed by atoms with Gasteiger partial charge in [-0.25, -0.2) is 9.51 Å². The molecule has 5 heteroatoms. The molecule has 2 heterocycles. The van der Waals surface area contributed by atoms with Crippen LogP contribution < -0.4 is 11.1 Å². The number of nitrogens with zero attached hydrogens (tertiary/aromatic N) is 3. The standard InChI is InChI=1S/C18H25N5/c1-12(2)17-11-15-7-6-8-18(23(15)22-17)16(19)9-10-20-14(5)21-13(3)4/h6-13,21H,5,19H2,1-4H3/b16-9-,20-10-. The average Bonchev–Trinajstić information content (AvgIpc) is 2.90. The van der Waals surface area contributed by atoms with Gasteiger partial charge >= 0.3 is 0 Å². The van der Waals surface area contributed by atoms with Crippen molar-refractivity contribution in [3.8, 4) is 0 Å². The summed E-state index contributed by atoms with van der Waals surface area (Å²) in [5.74, 6) is 0.989. The van der Waals surface area contributed by atoms with Crippen LogP contribution in [0.1, 0.15) is 45.0 Å². The minimum Gasteiger partial charge on any atom is -0.397 e. The van der Waals surface area contributed by atoms with Crippen LogP contribution in [-0.2, 0) is 0 Å². The fourth-order valence-corrected chi connectivity index (χ4v) is 2.20. The highest BCUT2D eigenvalue weighted by Crippen LogP contribution is 2.18. The molecular weight excluding hydrogens is 286 g/mol. The number of aromatic nitrogens is 2. The van der Waals surface area contributed by atoms with Gasteiger partial charge in [-0.15, -0.1) is 0 Å². The Morgan fingerprint density at radius 1 is 1.35 bits per heavy atom. The third-order valence-electron chi connectivity index (χ3n) is 3.33. The zero-order valence-corrected chi connectivity index (χ0v) is 14.2. The Balaban J connectivity index is 2.26. The molecule has 0 spiro atoms. The van der Waals surface area contributed by atoms with Crippen molar-refractivity contribution in [1.82, 2.24) is 14.9 Å². The van der Waals surface area contributed by atoms with Crippen LogP contribution in [0, 0.1) is 0 Å². The van der Waals surface area contributed by atoms with E-state index in [1.54, 1.807) is 12.3 Å². The summed E-state index contributed by atoms with van der Waals surface area (Å²) in [5, 5.41) is 7.76. The van der Waals surface area contributed by atoms with Gasteiger partial charge in [0, 0.05) is 12.3 Å². The van der Waals surface area contributed by atoms with Gasteiger partial charge < -0.3 is 11.1 Å². The maximum absolute atomic E-state index is 6.19. The Morgan fingerprint density at radius 3 is 2.74 bits per heavy atom. The lowest BCUT2D eigenvalue weighted by molar-refractivity contribution is 0.666. The number of allylic oxidation sites excluding steroid dienone is 1. The minimum atomic E-state index is 0.299. The lowest BCUT2D eigenvalue weighted by Crippen LogP contribution is -2.20. The Hall–Kier alpha value is -2.56. The normalized spacial score (nSPS) is 12.7. The molecule has 0 aliphatic carbocycles. The van der Waals surface area contributed by atoms with Crippen molar-refractivity contribution < 1.29 is 0 Å². The number of pyridine rings is 1. The Bertz CT molecular complexity index is 750. The monoisotopic (exact) mass is 311 g/mol. The molecule has 5 nitrogen and oxygen atoms in total. The molecule has 0 saturated heterocycles. The molecule has 0 atom stereocenters. The smallest absolute Gasteiger partial charge is 0.118 e. The lowest BCUT2D eigenvalue weighted by atomic mass is 10.1. The Morgan fingerprint density at radius 2 is 2.09 bits per heavy atom. The average molecular weight is 311 g/mol. The van der Waals surface area contributed by atoms with Gasteiger partial charge in [0.15, 0.2) is 0 Å². The van der Waals surface area contributed by atoms with Crippen LogP contribution in [0.5, 0.6) is 0 Å². The van der Waals surface area contributed by atoms with Gasteiger partial charge in [0.1, 0.15) is 5.82 Å². The van der Waals surface area contributed by atoms with E-state index in [0.717, 1.165) is 16.9 Å². The summed E-state index contributed by atoms with van der Waals surface area (Å²) in [4.78, 5) is 4.23. The molecule has 0 saturated carbocycles. The van der Waals surface area contributed by atoms with Gasteiger partial charge in [-0.3, -0.25) is 0 Å². The topological polar surface area (TPSA) is 67.7 Å². The highest BCUT2D eigenvalue weighted by atomic mass is 15.2. The summed E-state index contributed by atoms with van der Waals surface area (Å²) in [6.07, 6.45) is 3.41. The summed E-state index contributed by atoms with van der Waals surface area (Å²) in [6, 6.07) is 8.34. The number of hydrogen-bond acceptors (Lipinski definition) is 4. The van der Waals surface area contributed by atoms with Crippen molar-refractivity contribution in [1.29, 1.82) is 0 Å². The molecule has 2 aromatic heterocycles. The first-order valence-electron chi connectivity index (χ1n) is 7.82. The molecule has 0 amide bonds. The molecule has 3 N–H and O–H groups in total. The van der Waals surface area contributed by atoms with Crippen molar-refractivity contribution in [2.75, 3.05) is 0 Å². The number of nitrogens with two attached hydrogens (primary N) is 1. The third-order valence-corrected chi connectivity index (χ3v) is 3.33. The summed E-state index contributed by atoms with van der Waals surface area (Å²) < 4.78 is 1.87. The minimum absolute atomic E-state index is 0.299. The first-order valence-corrected chi connectivity index (χ1v) is 7.82. The van der Waals surface area contributed by atoms with Gasteiger partial charge in [-0.2, -0.15) is 5.10 Å². The molecule has 0 aliphatic heterocycles. The summed E-state index contributed by atoms with van der Waals surface area (Å²) >= 11 is 0. The largest absolute Gasteiger partial charge is 0.397 e. The molecule has 2 rings (SSSR count). The van der Waals surface area contributed by atoms with Gasteiger partial charge in [0.25, 0.3) is 0 Å². The summed E-state index contributed by atoms with van der Waals surface area (Å²) in [5.41, 5.74) is 9.73. The fraction of sp³-hybridized carbons (Fsp3) is 0.333. The quantitative estimate of drug-likeness (QED) is 0.804. The number of aliphatic imine (C=N–C) groups is 1. The zero-order valence-electron chi connectivity index (χ0n) is 14.2. The molecule has 2 aromatic rings. The van der Waals surface area contributed by atoms with Crippen molar-refractivity contribution in [3.63, 3.8) is 0 Å². The van der Waals surface area contributed by atoms with Crippen LogP contribution in [0.2, 0.25) is 0 Å². The van der Waals surface area contributed by atoms with E-state index in [1.807, 2.05) is 36.6 Å². The molecule has 122 valence electrons. The van der Waals surface area contributed by atoms with Gasteiger partial charge in [-0.1, -0.05) is 26.5 Å². The maximum atomic E-state index is 6.19. The molecule has 0 bridgehead atoms. The van der Waals surface area contributed by atoms with E-state index in [2.05, 4.69) is 41.9 Å². The van der Waals surface area contributed by atoms with Crippen LogP contribution >= 0.6 is 0 Å². The van der Waals surface area contributed by atoms with Crippen LogP contribution in [0.4, 0.5) is 0 Å². The van der Waals surface area contributed by atoms with E-state index < -0.39 is 0 Å². The lowest BCUT2D eigenvalue weighted by Gasteiger charge is -2.07. The molecule has 0 unspecified atom stereocenters. The highest BCUT2D eigenvalue weighted by molar-refractivity contribution is 5.83. The maximum Gasteiger partial charge on any atom is 0.118 e. The van der Waals surface area contributed by atoms with Crippen molar-refractivity contribution in [2.24, 2.45) is 10.7 Å². The second kappa shape index (κ2) is 7.13. The van der Waals surface area contributed by atoms with Crippen LogP contribution in [-0.4, -0.2) is 21.9 Å². The predicted molar refractivity (Wildman–Crippen MR) is 97.3 cm³/mol. The van der Waals surface area contributed by atoms with Crippen LogP contribution in [0.25, 0.3) is 11.2 Å². The summed E-state index contributed by atoms with van der Waals surface area (Å²) in [6.45, 7) is 12.2. The van der Waals surface area contributed by atoms with E-state index in [0.29, 0.717) is 23.5 Å². The van der Waals surface area contributed by atoms with Gasteiger partial charge in [0.05, 0.1) is 22.6 Å². The zero-order chi connectivity index (χ0) is 17.0. The third kappa shape index (κ3) is 4.22. The van der Waals surface area contributed by atoms with Crippen molar-refractivity contribution >= 4 is 17.4 Å². The molecule has 0 radical (unpaired) electrons. The SMILES string of the molecule is C=C(/N=C\C=C(/N)c1cccc2cc(C(C)C)nn12)NC(C)C. The first-order chi connectivity index (χ1) is 10.9. The van der Waals surface area contributed by atoms with Gasteiger partial charge in [0.2, 0.25) is 0 Å². The van der Waals surface area contributed by atoms with Crippen molar-refractivity contribution in [3.05, 3.63) is 54.1 Å². The van der Waals surface area contributed by atoms with E-state index in [-0.39, 0.29) is 0 Å².